The fraction of sp³-hybridized carbons (Fsp3) is 0.727. The van der Waals surface area contributed by atoms with Crippen molar-refractivity contribution in [2.24, 2.45) is 11.8 Å². The second kappa shape index (κ2) is 4.46. The molecule has 2 fully saturated rings. The number of fused-ring (bicyclic) bond motifs is 1. The van der Waals surface area contributed by atoms with Crippen LogP contribution in [-0.4, -0.2) is 31.7 Å². The number of nitrogens with zero attached hydrogens (tertiary/aromatic N) is 3. The third-order valence-electron chi connectivity index (χ3n) is 3.97. The molecule has 7 heteroatoms. The van der Waals surface area contributed by atoms with Gasteiger partial charge in [0.25, 0.3) is 0 Å². The molecule has 0 radical (unpaired) electrons. The van der Waals surface area contributed by atoms with Crippen LogP contribution in [0.2, 0.25) is 0 Å². The maximum Gasteiger partial charge on any atom is 0.313 e. The molecule has 1 heterocycles. The Morgan fingerprint density at radius 3 is 2.67 bits per heavy atom. The summed E-state index contributed by atoms with van der Waals surface area (Å²) in [5.41, 5.74) is 0. The average Bonchev–Trinajstić information content (AvgIpc) is 2.97. The molecule has 2 atom stereocenters. The quantitative estimate of drug-likeness (QED) is 0.626. The van der Waals surface area contributed by atoms with Crippen LogP contribution in [0.1, 0.15) is 37.4 Å². The van der Waals surface area contributed by atoms with Gasteiger partial charge in [0.2, 0.25) is 5.16 Å². The third kappa shape index (κ3) is 1.96. The Kier molecular flexibility index (Phi) is 2.93. The van der Waals surface area contributed by atoms with E-state index >= 15 is 0 Å². The van der Waals surface area contributed by atoms with Gasteiger partial charge in [-0.05, 0) is 24.7 Å². The number of nitrogens with two attached hydrogens (primary N) is 1. The Hall–Kier alpha value is -1.24. The highest BCUT2D eigenvalue weighted by atomic mass is 32.2. The number of aromatic nitrogens is 3. The number of aliphatic carboxylic acids is 1. The summed E-state index contributed by atoms with van der Waals surface area (Å²) in [4.78, 5) is 10.5. The van der Waals surface area contributed by atoms with Crippen LogP contribution in [0.3, 0.4) is 0 Å². The van der Waals surface area contributed by atoms with Crippen molar-refractivity contribution in [1.29, 1.82) is 0 Å². The first-order valence-corrected chi connectivity index (χ1v) is 7.22. The molecule has 0 saturated heterocycles. The average molecular weight is 268 g/mol. The standard InChI is InChI=1S/C11H16N4O2S/c12-15-10(9-6-3-1-2-4-7(6)9)13-14-11(15)18-5-8(16)17/h6-7,9H,1-5,12H2,(H,16,17). The Morgan fingerprint density at radius 2 is 2.06 bits per heavy atom. The topological polar surface area (TPSA) is 94.0 Å². The number of carboxylic acid groups (broad SMARTS) is 1. The fourth-order valence-electron chi connectivity index (χ4n) is 3.12. The monoisotopic (exact) mass is 268 g/mol. The Bertz CT molecular complexity index is 464. The van der Waals surface area contributed by atoms with Gasteiger partial charge in [-0.15, -0.1) is 10.2 Å². The lowest BCUT2D eigenvalue weighted by atomic mass is 10.0. The van der Waals surface area contributed by atoms with Crippen LogP contribution in [0.4, 0.5) is 0 Å². The molecule has 2 saturated carbocycles. The van der Waals surface area contributed by atoms with Gasteiger partial charge in [0.05, 0.1) is 5.75 Å². The molecule has 0 aliphatic heterocycles. The van der Waals surface area contributed by atoms with Crippen LogP contribution in [0.15, 0.2) is 5.16 Å². The van der Waals surface area contributed by atoms with Crippen LogP contribution >= 0.6 is 11.8 Å². The van der Waals surface area contributed by atoms with Crippen molar-refractivity contribution in [3.8, 4) is 0 Å². The van der Waals surface area contributed by atoms with Gasteiger partial charge in [-0.2, -0.15) is 0 Å². The largest absolute Gasteiger partial charge is 0.481 e. The molecule has 3 N–H and O–H groups in total. The SMILES string of the molecule is Nn1c(SCC(=O)O)nnc1C1C2CCCCC21. The van der Waals surface area contributed by atoms with Gasteiger partial charge in [-0.25, -0.2) is 4.68 Å². The highest BCUT2D eigenvalue weighted by Gasteiger charge is 2.53. The van der Waals surface area contributed by atoms with E-state index in [-0.39, 0.29) is 5.75 Å². The van der Waals surface area contributed by atoms with Crippen molar-refractivity contribution in [1.82, 2.24) is 14.9 Å². The molecule has 0 bridgehead atoms. The summed E-state index contributed by atoms with van der Waals surface area (Å²) in [6.07, 6.45) is 5.13. The van der Waals surface area contributed by atoms with Gasteiger partial charge in [0.15, 0.2) is 5.82 Å². The van der Waals surface area contributed by atoms with E-state index in [0.717, 1.165) is 29.4 Å². The van der Waals surface area contributed by atoms with E-state index in [1.165, 1.54) is 30.4 Å². The van der Waals surface area contributed by atoms with Gasteiger partial charge in [0.1, 0.15) is 0 Å². The van der Waals surface area contributed by atoms with E-state index in [4.69, 9.17) is 10.9 Å². The second-order valence-corrected chi connectivity index (χ2v) is 5.97. The predicted molar refractivity (Wildman–Crippen MR) is 66.7 cm³/mol. The minimum atomic E-state index is -0.871. The summed E-state index contributed by atoms with van der Waals surface area (Å²) in [6.45, 7) is 0. The summed E-state index contributed by atoms with van der Waals surface area (Å²) in [5.74, 6) is 7.79. The summed E-state index contributed by atoms with van der Waals surface area (Å²) < 4.78 is 1.48. The number of carbonyl (C=O) groups is 1. The first-order chi connectivity index (χ1) is 8.68. The number of thioether (sulfide) groups is 1. The lowest BCUT2D eigenvalue weighted by Gasteiger charge is -2.04. The lowest BCUT2D eigenvalue weighted by molar-refractivity contribution is -0.133. The zero-order valence-electron chi connectivity index (χ0n) is 9.95. The first kappa shape index (κ1) is 11.8. The van der Waals surface area contributed by atoms with Gasteiger partial charge in [0, 0.05) is 5.92 Å². The van der Waals surface area contributed by atoms with E-state index in [9.17, 15) is 4.79 Å². The molecule has 1 aromatic rings. The summed E-state index contributed by atoms with van der Waals surface area (Å²) in [6, 6.07) is 0. The minimum Gasteiger partial charge on any atom is -0.481 e. The molecule has 2 unspecified atom stereocenters. The predicted octanol–water partition coefficient (Wildman–Crippen LogP) is 1.07. The molecule has 3 rings (SSSR count). The number of nitrogen functional groups attached to an aromatic ring is 1. The molecule has 0 amide bonds. The lowest BCUT2D eigenvalue weighted by Crippen LogP contribution is -2.14. The molecule has 6 nitrogen and oxygen atoms in total. The molecule has 1 aromatic heterocycles. The van der Waals surface area contributed by atoms with Crippen molar-refractivity contribution in [2.45, 2.75) is 36.8 Å². The Morgan fingerprint density at radius 1 is 1.39 bits per heavy atom. The normalized spacial score (nSPS) is 29.9. The van der Waals surface area contributed by atoms with Crippen molar-refractivity contribution in [2.75, 3.05) is 11.6 Å². The van der Waals surface area contributed by atoms with E-state index in [0.29, 0.717) is 11.1 Å². The van der Waals surface area contributed by atoms with Crippen molar-refractivity contribution in [3.05, 3.63) is 5.82 Å². The fourth-order valence-corrected chi connectivity index (χ4v) is 3.70. The highest BCUT2D eigenvalue weighted by Crippen LogP contribution is 2.60. The maximum absolute atomic E-state index is 10.5. The van der Waals surface area contributed by atoms with Gasteiger partial charge in [-0.1, -0.05) is 24.6 Å². The molecule has 18 heavy (non-hydrogen) atoms. The number of hydrogen-bond donors (Lipinski definition) is 2. The van der Waals surface area contributed by atoms with E-state index in [1.807, 2.05) is 0 Å². The Labute approximate surface area is 109 Å². The zero-order valence-corrected chi connectivity index (χ0v) is 10.8. The Balaban J connectivity index is 1.72. The van der Waals surface area contributed by atoms with Crippen LogP contribution < -0.4 is 5.84 Å². The van der Waals surface area contributed by atoms with Gasteiger partial charge in [-0.3, -0.25) is 4.79 Å². The summed E-state index contributed by atoms with van der Waals surface area (Å²) >= 11 is 1.12. The van der Waals surface area contributed by atoms with Crippen molar-refractivity contribution < 1.29 is 9.90 Å². The van der Waals surface area contributed by atoms with E-state index < -0.39 is 5.97 Å². The maximum atomic E-state index is 10.5. The van der Waals surface area contributed by atoms with Crippen LogP contribution in [0.5, 0.6) is 0 Å². The first-order valence-electron chi connectivity index (χ1n) is 6.23. The minimum absolute atomic E-state index is 0.0349. The zero-order chi connectivity index (χ0) is 12.7. The summed E-state index contributed by atoms with van der Waals surface area (Å²) in [5, 5.41) is 17.3. The van der Waals surface area contributed by atoms with Crippen LogP contribution in [0.25, 0.3) is 0 Å². The van der Waals surface area contributed by atoms with Gasteiger partial charge < -0.3 is 10.9 Å². The smallest absolute Gasteiger partial charge is 0.313 e. The number of hydrogen-bond acceptors (Lipinski definition) is 5. The molecule has 0 aromatic carbocycles. The third-order valence-corrected chi connectivity index (χ3v) is 4.90. The molecular formula is C11H16N4O2S. The van der Waals surface area contributed by atoms with E-state index in [2.05, 4.69) is 10.2 Å². The van der Waals surface area contributed by atoms with Gasteiger partial charge >= 0.3 is 5.97 Å². The van der Waals surface area contributed by atoms with Crippen LogP contribution in [0, 0.1) is 11.8 Å². The van der Waals surface area contributed by atoms with Crippen molar-refractivity contribution in [3.63, 3.8) is 0 Å². The molecular weight excluding hydrogens is 252 g/mol. The molecule has 2 aliphatic rings. The second-order valence-electron chi connectivity index (χ2n) is 5.03. The van der Waals surface area contributed by atoms with Crippen molar-refractivity contribution >= 4 is 17.7 Å². The molecule has 98 valence electrons. The number of carboxylic acids is 1. The molecule has 0 spiro atoms. The van der Waals surface area contributed by atoms with E-state index in [1.54, 1.807) is 0 Å². The highest BCUT2D eigenvalue weighted by molar-refractivity contribution is 7.99. The van der Waals surface area contributed by atoms with Crippen LogP contribution in [-0.2, 0) is 4.79 Å². The number of rotatable bonds is 4. The summed E-state index contributed by atoms with van der Waals surface area (Å²) in [7, 11) is 0. The molecule has 2 aliphatic carbocycles.